The number of thioether (sulfide) groups is 1. The van der Waals surface area contributed by atoms with Gasteiger partial charge < -0.3 is 5.32 Å². The number of nitrogens with one attached hydrogen (secondary N) is 1. The molecule has 26 heavy (non-hydrogen) atoms. The monoisotopic (exact) mass is 388 g/mol. The molecule has 1 unspecified atom stereocenters. The third-order valence-corrected chi connectivity index (χ3v) is 5.80. The van der Waals surface area contributed by atoms with Crippen LogP contribution in [-0.4, -0.2) is 38.7 Å². The number of amides is 2. The van der Waals surface area contributed by atoms with Crippen molar-refractivity contribution in [1.82, 2.24) is 9.88 Å². The van der Waals surface area contributed by atoms with Crippen LogP contribution in [0.15, 0.2) is 40.8 Å². The van der Waals surface area contributed by atoms with Gasteiger partial charge in [-0.3, -0.25) is 14.5 Å². The number of carbonyl (C=O) groups is 2. The topological polar surface area (TPSA) is 74.7 Å². The lowest BCUT2D eigenvalue weighted by Crippen LogP contribution is -2.33. The maximum Gasteiger partial charge on any atom is 0.242 e. The molecule has 1 aromatic carbocycles. The Kier molecular flexibility index (Phi) is 6.05. The molecule has 0 bridgehead atoms. The summed E-state index contributed by atoms with van der Waals surface area (Å²) in [7, 11) is 0. The number of hydrogen-bond acceptors (Lipinski definition) is 6. The minimum Gasteiger partial charge on any atom is -0.326 e. The summed E-state index contributed by atoms with van der Waals surface area (Å²) in [6.45, 7) is 4.50. The maximum absolute atomic E-state index is 12.6. The van der Waals surface area contributed by atoms with E-state index in [1.165, 1.54) is 28.7 Å². The van der Waals surface area contributed by atoms with Crippen LogP contribution in [-0.2, 0) is 16.0 Å². The van der Waals surface area contributed by atoms with E-state index in [4.69, 9.17) is 0 Å². The van der Waals surface area contributed by atoms with Gasteiger partial charge in [0.1, 0.15) is 5.25 Å². The van der Waals surface area contributed by atoms with E-state index in [1.54, 1.807) is 11.1 Å². The summed E-state index contributed by atoms with van der Waals surface area (Å²) < 4.78 is 0. The zero-order valence-corrected chi connectivity index (χ0v) is 16.3. The summed E-state index contributed by atoms with van der Waals surface area (Å²) >= 11 is 2.74. The van der Waals surface area contributed by atoms with E-state index in [9.17, 15) is 9.59 Å². The lowest BCUT2D eigenvalue weighted by Gasteiger charge is -2.12. The minimum atomic E-state index is -0.455. The Labute approximate surface area is 160 Å². The zero-order chi connectivity index (χ0) is 18.5. The molecular weight excluding hydrogens is 368 g/mol. The van der Waals surface area contributed by atoms with E-state index >= 15 is 0 Å². The summed E-state index contributed by atoms with van der Waals surface area (Å²) in [5.74, 6) is -0.254. The van der Waals surface area contributed by atoms with Crippen molar-refractivity contribution in [1.29, 1.82) is 0 Å². The van der Waals surface area contributed by atoms with Crippen molar-refractivity contribution in [3.05, 3.63) is 41.4 Å². The zero-order valence-electron chi connectivity index (χ0n) is 14.6. The molecule has 1 N–H and O–H groups in total. The molecule has 1 aliphatic rings. The average Bonchev–Trinajstić information content (AvgIpc) is 3.24. The van der Waals surface area contributed by atoms with Crippen LogP contribution < -0.4 is 5.32 Å². The molecule has 3 rings (SSSR count). The van der Waals surface area contributed by atoms with E-state index in [2.05, 4.69) is 22.2 Å². The van der Waals surface area contributed by atoms with Crippen molar-refractivity contribution in [2.75, 3.05) is 11.9 Å². The molecule has 0 saturated carbocycles. The van der Waals surface area contributed by atoms with Gasteiger partial charge in [0.15, 0.2) is 5.17 Å². The number of amidine groups is 1. The number of rotatable bonds is 6. The van der Waals surface area contributed by atoms with E-state index in [-0.39, 0.29) is 18.2 Å². The number of thiazole rings is 1. The summed E-state index contributed by atoms with van der Waals surface area (Å²) in [5.41, 5.74) is 1.96. The van der Waals surface area contributed by atoms with Gasteiger partial charge in [0.05, 0.1) is 0 Å². The fraction of sp³-hybridized carbons (Fsp3) is 0.333. The Hall–Kier alpha value is -2.19. The normalized spacial score (nSPS) is 18.5. The molecule has 1 fully saturated rings. The fourth-order valence-electron chi connectivity index (χ4n) is 2.57. The summed E-state index contributed by atoms with van der Waals surface area (Å²) in [6.07, 6.45) is 2.75. The first-order valence-corrected chi connectivity index (χ1v) is 10.2. The second-order valence-corrected chi connectivity index (χ2v) is 7.74. The van der Waals surface area contributed by atoms with Gasteiger partial charge in [-0.2, -0.15) is 4.99 Å². The van der Waals surface area contributed by atoms with Crippen molar-refractivity contribution in [2.24, 2.45) is 4.99 Å². The Bertz CT molecular complexity index is 803. The SMILES string of the molecule is CCc1ccc(NC(=O)CC2S/C(=N/c3nccs3)N(CC)C2=O)cc1. The maximum atomic E-state index is 12.6. The largest absolute Gasteiger partial charge is 0.326 e. The molecule has 2 heterocycles. The molecule has 0 aliphatic carbocycles. The van der Waals surface area contributed by atoms with Gasteiger partial charge in [0, 0.05) is 30.2 Å². The van der Waals surface area contributed by atoms with Gasteiger partial charge in [-0.1, -0.05) is 30.8 Å². The van der Waals surface area contributed by atoms with Gasteiger partial charge in [0.25, 0.3) is 0 Å². The predicted molar refractivity (Wildman–Crippen MR) is 107 cm³/mol. The predicted octanol–water partition coefficient (Wildman–Crippen LogP) is 3.69. The van der Waals surface area contributed by atoms with E-state index in [0.29, 0.717) is 16.8 Å². The number of aliphatic imine (C=N–C) groups is 1. The highest BCUT2D eigenvalue weighted by Crippen LogP contribution is 2.32. The number of aryl methyl sites for hydroxylation is 1. The standard InChI is InChI=1S/C18H20N4O2S2/c1-3-12-5-7-13(8-6-12)20-15(23)11-14-16(24)22(4-2)18(26-14)21-17-19-9-10-25-17/h5-10,14H,3-4,11H2,1-2H3,(H,20,23)/b21-18+. The van der Waals surface area contributed by atoms with Crippen molar-refractivity contribution < 1.29 is 9.59 Å². The summed E-state index contributed by atoms with van der Waals surface area (Å²) in [6, 6.07) is 7.74. The molecule has 136 valence electrons. The molecule has 1 atom stereocenters. The van der Waals surface area contributed by atoms with Crippen LogP contribution >= 0.6 is 23.1 Å². The minimum absolute atomic E-state index is 0.0794. The molecule has 8 heteroatoms. The molecule has 0 radical (unpaired) electrons. The van der Waals surface area contributed by atoms with Crippen molar-refractivity contribution in [3.63, 3.8) is 0 Å². The number of carbonyl (C=O) groups excluding carboxylic acids is 2. The highest BCUT2D eigenvalue weighted by atomic mass is 32.2. The Morgan fingerprint density at radius 1 is 1.31 bits per heavy atom. The van der Waals surface area contributed by atoms with Crippen molar-refractivity contribution in [2.45, 2.75) is 31.9 Å². The highest BCUT2D eigenvalue weighted by molar-refractivity contribution is 8.15. The quantitative estimate of drug-likeness (QED) is 0.819. The molecular formula is C18H20N4O2S2. The number of hydrogen-bond donors (Lipinski definition) is 1. The Balaban J connectivity index is 1.65. The molecule has 0 spiro atoms. The van der Waals surface area contributed by atoms with E-state index in [0.717, 1.165) is 12.1 Å². The van der Waals surface area contributed by atoms with Gasteiger partial charge >= 0.3 is 0 Å². The van der Waals surface area contributed by atoms with E-state index in [1.807, 2.05) is 36.6 Å². The van der Waals surface area contributed by atoms with Crippen molar-refractivity contribution >= 4 is 50.9 Å². The number of anilines is 1. The van der Waals surface area contributed by atoms with Crippen molar-refractivity contribution in [3.8, 4) is 0 Å². The average molecular weight is 389 g/mol. The first kappa shape index (κ1) is 18.6. The molecule has 1 aliphatic heterocycles. The van der Waals surface area contributed by atoms with Gasteiger partial charge in [-0.15, -0.1) is 11.3 Å². The molecule has 1 aromatic heterocycles. The van der Waals surface area contributed by atoms with Gasteiger partial charge in [-0.05, 0) is 31.0 Å². The summed E-state index contributed by atoms with van der Waals surface area (Å²) in [5, 5.41) is 5.46. The van der Waals surface area contributed by atoms with Crippen LogP contribution in [0.5, 0.6) is 0 Å². The Morgan fingerprint density at radius 3 is 2.69 bits per heavy atom. The summed E-state index contributed by atoms with van der Waals surface area (Å²) in [4.78, 5) is 35.1. The Morgan fingerprint density at radius 2 is 2.08 bits per heavy atom. The number of benzene rings is 1. The number of aromatic nitrogens is 1. The van der Waals surface area contributed by atoms with Crippen LogP contribution in [0.4, 0.5) is 10.8 Å². The molecule has 6 nitrogen and oxygen atoms in total. The second kappa shape index (κ2) is 8.46. The smallest absolute Gasteiger partial charge is 0.242 e. The van der Waals surface area contributed by atoms with Gasteiger partial charge in [0.2, 0.25) is 16.9 Å². The lowest BCUT2D eigenvalue weighted by molar-refractivity contribution is -0.128. The highest BCUT2D eigenvalue weighted by Gasteiger charge is 2.38. The van der Waals surface area contributed by atoms with Crippen LogP contribution in [0.1, 0.15) is 25.8 Å². The fourth-order valence-corrected chi connectivity index (χ4v) is 4.34. The third-order valence-electron chi connectivity index (χ3n) is 3.96. The van der Waals surface area contributed by atoms with Gasteiger partial charge in [-0.25, -0.2) is 4.98 Å². The third kappa shape index (κ3) is 4.31. The van der Waals surface area contributed by atoms with Crippen LogP contribution in [0.2, 0.25) is 0 Å². The first-order chi connectivity index (χ1) is 12.6. The molecule has 1 saturated heterocycles. The number of nitrogens with zero attached hydrogens (tertiary/aromatic N) is 3. The molecule has 2 amide bonds. The molecule has 2 aromatic rings. The lowest BCUT2D eigenvalue weighted by atomic mass is 10.1. The second-order valence-electron chi connectivity index (χ2n) is 5.70. The van der Waals surface area contributed by atoms with E-state index < -0.39 is 5.25 Å². The van der Waals surface area contributed by atoms with Crippen LogP contribution in [0, 0.1) is 0 Å². The van der Waals surface area contributed by atoms with Crippen LogP contribution in [0.25, 0.3) is 0 Å². The first-order valence-electron chi connectivity index (χ1n) is 8.45. The van der Waals surface area contributed by atoms with Crippen LogP contribution in [0.3, 0.4) is 0 Å².